The zero-order chi connectivity index (χ0) is 20.3. The number of hydrogen-bond donors (Lipinski definition) is 0. The lowest BCUT2D eigenvalue weighted by Crippen LogP contribution is -2.49. The van der Waals surface area contributed by atoms with E-state index in [2.05, 4.69) is 47.1 Å². The molecule has 1 saturated carbocycles. The summed E-state index contributed by atoms with van der Waals surface area (Å²) >= 11 is 3.26. The summed E-state index contributed by atoms with van der Waals surface area (Å²) in [5.74, 6) is 2.43. The van der Waals surface area contributed by atoms with Crippen molar-refractivity contribution >= 4 is 34.8 Å². The summed E-state index contributed by atoms with van der Waals surface area (Å²) in [7, 11) is 0. The molecule has 156 valence electrons. The molecule has 5 rings (SSSR count). The van der Waals surface area contributed by atoms with Gasteiger partial charge in [0.05, 0.1) is 11.9 Å². The number of rotatable bonds is 7. The second-order valence-corrected chi connectivity index (χ2v) is 9.45. The molecule has 0 radical (unpaired) electrons. The fourth-order valence-electron chi connectivity index (χ4n) is 3.65. The molecule has 3 aromatic heterocycles. The van der Waals surface area contributed by atoms with Gasteiger partial charge in [-0.05, 0) is 24.3 Å². The summed E-state index contributed by atoms with van der Waals surface area (Å²) in [6.45, 7) is 2.96. The average Bonchev–Trinajstić information content (AvgIpc) is 3.34. The van der Waals surface area contributed by atoms with Crippen LogP contribution in [0.5, 0.6) is 0 Å². The third kappa shape index (κ3) is 4.34. The van der Waals surface area contributed by atoms with Crippen molar-refractivity contribution in [2.75, 3.05) is 36.8 Å². The zero-order valence-corrected chi connectivity index (χ0v) is 18.2. The Hall–Kier alpha value is -2.46. The summed E-state index contributed by atoms with van der Waals surface area (Å²) in [5.41, 5.74) is 0. The monoisotopic (exact) mass is 441 g/mol. The molecule has 1 amide bonds. The van der Waals surface area contributed by atoms with E-state index in [4.69, 9.17) is 0 Å². The van der Waals surface area contributed by atoms with Crippen LogP contribution in [0.4, 0.5) is 5.82 Å². The molecule has 1 aliphatic carbocycles. The zero-order valence-electron chi connectivity index (χ0n) is 16.6. The number of carbonyl (C=O) groups excluding carboxylic acids is 1. The van der Waals surface area contributed by atoms with Gasteiger partial charge < -0.3 is 14.4 Å². The summed E-state index contributed by atoms with van der Waals surface area (Å²) < 4.78 is 2.25. The van der Waals surface area contributed by atoms with E-state index in [0.717, 1.165) is 36.3 Å². The van der Waals surface area contributed by atoms with Gasteiger partial charge in [-0.15, -0.1) is 21.5 Å². The molecule has 2 aliphatic rings. The number of piperazine rings is 1. The molecule has 30 heavy (non-hydrogen) atoms. The highest BCUT2D eigenvalue weighted by molar-refractivity contribution is 7.99. The molecule has 3 aromatic rings. The molecule has 4 heterocycles. The van der Waals surface area contributed by atoms with Gasteiger partial charge in [0, 0.05) is 55.9 Å². The number of nitrogens with zero attached hydrogens (tertiary/aromatic N) is 7. The Kier molecular flexibility index (Phi) is 5.67. The summed E-state index contributed by atoms with van der Waals surface area (Å²) in [5, 5.41) is 11.8. The van der Waals surface area contributed by atoms with Crippen molar-refractivity contribution in [3.05, 3.63) is 46.8 Å². The predicted octanol–water partition coefficient (Wildman–Crippen LogP) is 2.50. The highest BCUT2D eigenvalue weighted by Gasteiger charge is 2.30. The molecule has 2 fully saturated rings. The van der Waals surface area contributed by atoms with Crippen molar-refractivity contribution < 1.29 is 4.79 Å². The molecular weight excluding hydrogens is 418 g/mol. The van der Waals surface area contributed by atoms with Crippen LogP contribution in [0.3, 0.4) is 0 Å². The second-order valence-electron chi connectivity index (χ2n) is 7.48. The molecule has 10 heteroatoms. The lowest BCUT2D eigenvalue weighted by Gasteiger charge is -2.35. The molecule has 1 saturated heterocycles. The fourth-order valence-corrected chi connectivity index (χ4v) is 5.28. The van der Waals surface area contributed by atoms with Crippen molar-refractivity contribution in [3.8, 4) is 0 Å². The van der Waals surface area contributed by atoms with Gasteiger partial charge >= 0.3 is 0 Å². The Bertz CT molecular complexity index is 980. The van der Waals surface area contributed by atoms with Crippen LogP contribution in [-0.2, 0) is 11.2 Å². The van der Waals surface area contributed by atoms with Crippen molar-refractivity contribution in [1.29, 1.82) is 0 Å². The number of aromatic nitrogens is 5. The number of thioether (sulfide) groups is 1. The highest BCUT2D eigenvalue weighted by atomic mass is 32.2. The number of amides is 1. The summed E-state index contributed by atoms with van der Waals surface area (Å²) in [6.07, 6.45) is 8.29. The molecule has 0 atom stereocenters. The quantitative estimate of drug-likeness (QED) is 0.521. The van der Waals surface area contributed by atoms with Crippen LogP contribution in [0.25, 0.3) is 0 Å². The first kappa shape index (κ1) is 19.5. The lowest BCUT2D eigenvalue weighted by atomic mass is 10.3. The van der Waals surface area contributed by atoms with Crippen LogP contribution in [-0.4, -0.2) is 67.5 Å². The van der Waals surface area contributed by atoms with E-state index in [9.17, 15) is 4.79 Å². The van der Waals surface area contributed by atoms with Crippen LogP contribution < -0.4 is 4.90 Å². The SMILES string of the molecule is O=C(CSc1nnc(Cc2cccs2)n1C1CC1)N1CCN(c2cnccn2)CC1. The van der Waals surface area contributed by atoms with Gasteiger partial charge in [-0.1, -0.05) is 17.8 Å². The van der Waals surface area contributed by atoms with Gasteiger partial charge in [0.1, 0.15) is 11.6 Å². The first-order chi connectivity index (χ1) is 14.8. The Morgan fingerprint density at radius 1 is 1.17 bits per heavy atom. The van der Waals surface area contributed by atoms with Gasteiger partial charge in [0.2, 0.25) is 5.91 Å². The largest absolute Gasteiger partial charge is 0.352 e. The molecule has 1 aliphatic heterocycles. The van der Waals surface area contributed by atoms with Crippen LogP contribution in [0.15, 0.2) is 41.3 Å². The Labute approximate surface area is 183 Å². The number of thiophene rings is 1. The standard InChI is InChI=1S/C20H23N7OS2/c28-19(26-9-7-25(8-10-26)18-13-21-5-6-22-18)14-30-20-24-23-17(27(20)15-3-4-15)12-16-2-1-11-29-16/h1-2,5-6,11,13,15H,3-4,7-10,12,14H2. The minimum atomic E-state index is 0.156. The van der Waals surface area contributed by atoms with Gasteiger partial charge in [-0.25, -0.2) is 4.98 Å². The van der Waals surface area contributed by atoms with Crippen LogP contribution >= 0.6 is 23.1 Å². The maximum Gasteiger partial charge on any atom is 0.233 e. The molecule has 0 bridgehead atoms. The topological polar surface area (TPSA) is 80.0 Å². The number of hydrogen-bond acceptors (Lipinski definition) is 8. The molecule has 8 nitrogen and oxygen atoms in total. The minimum Gasteiger partial charge on any atom is -0.352 e. The lowest BCUT2D eigenvalue weighted by molar-refractivity contribution is -0.128. The minimum absolute atomic E-state index is 0.156. The van der Waals surface area contributed by atoms with Crippen molar-refractivity contribution in [2.24, 2.45) is 0 Å². The van der Waals surface area contributed by atoms with Crippen LogP contribution in [0.2, 0.25) is 0 Å². The summed E-state index contributed by atoms with van der Waals surface area (Å²) in [4.78, 5) is 26.6. The maximum absolute atomic E-state index is 12.8. The molecule has 0 N–H and O–H groups in total. The van der Waals surface area contributed by atoms with Gasteiger partial charge in [0.15, 0.2) is 5.16 Å². The fraction of sp³-hybridized carbons (Fsp3) is 0.450. The van der Waals surface area contributed by atoms with E-state index in [1.807, 2.05) is 4.90 Å². The highest BCUT2D eigenvalue weighted by Crippen LogP contribution is 2.39. The van der Waals surface area contributed by atoms with Crippen LogP contribution in [0.1, 0.15) is 29.6 Å². The van der Waals surface area contributed by atoms with Crippen LogP contribution in [0, 0.1) is 0 Å². The van der Waals surface area contributed by atoms with E-state index in [1.54, 1.807) is 29.9 Å². The number of carbonyl (C=O) groups is 1. The Balaban J connectivity index is 1.17. The first-order valence-corrected chi connectivity index (χ1v) is 12.0. The number of anilines is 1. The molecular formula is C20H23N7OS2. The first-order valence-electron chi connectivity index (χ1n) is 10.2. The van der Waals surface area contributed by atoms with E-state index < -0.39 is 0 Å². The van der Waals surface area contributed by atoms with Crippen molar-refractivity contribution in [2.45, 2.75) is 30.5 Å². The summed E-state index contributed by atoms with van der Waals surface area (Å²) in [6, 6.07) is 4.69. The molecule has 0 aromatic carbocycles. The van der Waals surface area contributed by atoms with Crippen molar-refractivity contribution in [1.82, 2.24) is 29.6 Å². The normalized spacial score (nSPS) is 16.8. The predicted molar refractivity (Wildman–Crippen MR) is 117 cm³/mol. The van der Waals surface area contributed by atoms with Gasteiger partial charge in [-0.3, -0.25) is 9.78 Å². The van der Waals surface area contributed by atoms with Crippen molar-refractivity contribution in [3.63, 3.8) is 0 Å². The average molecular weight is 442 g/mol. The second kappa shape index (κ2) is 8.73. The van der Waals surface area contributed by atoms with E-state index in [-0.39, 0.29) is 5.91 Å². The smallest absolute Gasteiger partial charge is 0.233 e. The Morgan fingerprint density at radius 3 is 2.73 bits per heavy atom. The van der Waals surface area contributed by atoms with E-state index >= 15 is 0 Å². The van der Waals surface area contributed by atoms with E-state index in [1.165, 1.54) is 29.5 Å². The Morgan fingerprint density at radius 2 is 2.03 bits per heavy atom. The molecule has 0 spiro atoms. The maximum atomic E-state index is 12.8. The van der Waals surface area contributed by atoms with E-state index in [0.29, 0.717) is 24.9 Å². The third-order valence-electron chi connectivity index (χ3n) is 5.39. The van der Waals surface area contributed by atoms with Gasteiger partial charge in [-0.2, -0.15) is 0 Å². The third-order valence-corrected chi connectivity index (χ3v) is 7.19. The molecule has 0 unspecified atom stereocenters. The van der Waals surface area contributed by atoms with Gasteiger partial charge in [0.25, 0.3) is 0 Å².